The summed E-state index contributed by atoms with van der Waals surface area (Å²) < 4.78 is 43.5. The molecule has 1 unspecified atom stereocenters. The van der Waals surface area contributed by atoms with E-state index in [1.165, 1.54) is 6.07 Å². The van der Waals surface area contributed by atoms with E-state index in [4.69, 9.17) is 5.73 Å². The summed E-state index contributed by atoms with van der Waals surface area (Å²) in [7, 11) is 2.13. The molecule has 4 aromatic rings. The van der Waals surface area contributed by atoms with Crippen LogP contribution < -0.4 is 16.7 Å². The summed E-state index contributed by atoms with van der Waals surface area (Å²) in [6.45, 7) is 3.86. The molecule has 0 bridgehead atoms. The number of alkyl halides is 3. The van der Waals surface area contributed by atoms with Crippen LogP contribution in [0.15, 0.2) is 51.9 Å². The monoisotopic (exact) mass is 784 g/mol. The van der Waals surface area contributed by atoms with Crippen molar-refractivity contribution in [3.05, 3.63) is 68.7 Å². The largest absolute Gasteiger partial charge is 0.418 e. The predicted molar refractivity (Wildman–Crippen MR) is 197 cm³/mol. The molecule has 1 atom stereocenters. The minimum Gasteiger partial charge on any atom is -0.397 e. The summed E-state index contributed by atoms with van der Waals surface area (Å²) in [5, 5.41) is 3.74. The predicted octanol–water partition coefficient (Wildman–Crippen LogP) is 5.78. The number of aromatic nitrogens is 3. The fourth-order valence-electron chi connectivity index (χ4n) is 8.43. The molecule has 3 fully saturated rings. The zero-order valence-electron chi connectivity index (χ0n) is 29.1. The molecule has 2 aromatic heterocycles. The van der Waals surface area contributed by atoms with E-state index in [0.29, 0.717) is 56.4 Å². The van der Waals surface area contributed by atoms with Gasteiger partial charge >= 0.3 is 17.9 Å². The van der Waals surface area contributed by atoms with Gasteiger partial charge in [-0.15, -0.1) is 0 Å². The van der Waals surface area contributed by atoms with Crippen molar-refractivity contribution in [3.8, 4) is 0 Å². The maximum absolute atomic E-state index is 14.1. The van der Waals surface area contributed by atoms with Gasteiger partial charge in [-0.2, -0.15) is 13.2 Å². The maximum atomic E-state index is 14.1. The van der Waals surface area contributed by atoms with Gasteiger partial charge in [0.2, 0.25) is 5.91 Å². The number of carbonyl (C=O) groups excluding carboxylic acids is 2. The third-order valence-corrected chi connectivity index (χ3v) is 12.1. The number of anilines is 1. The van der Waals surface area contributed by atoms with Gasteiger partial charge in [-0.25, -0.2) is 9.59 Å². The Morgan fingerprint density at radius 1 is 0.981 bits per heavy atom. The summed E-state index contributed by atoms with van der Waals surface area (Å²) in [5.41, 5.74) is 6.53. The van der Waals surface area contributed by atoms with E-state index in [9.17, 15) is 27.6 Å². The zero-order chi connectivity index (χ0) is 36.7. The summed E-state index contributed by atoms with van der Waals surface area (Å²) in [6, 6.07) is 8.30. The molecular weight excluding hydrogens is 741 g/mol. The Balaban J connectivity index is 1.06. The molecule has 278 valence electrons. The van der Waals surface area contributed by atoms with Crippen LogP contribution in [0.3, 0.4) is 0 Å². The highest BCUT2D eigenvalue weighted by atomic mass is 79.9. The minimum atomic E-state index is -4.69. The summed E-state index contributed by atoms with van der Waals surface area (Å²) in [4.78, 5) is 54.3. The van der Waals surface area contributed by atoms with Crippen molar-refractivity contribution in [3.63, 3.8) is 0 Å². The standard InChI is InChI=1S/C37H44BrF3N8O3/c1-46-12-6-23(7-13-46)24-8-14-47(15-9-24)34(50)30(20-22-18-27(37(39,40)41)32(42)28(38)19-22)44-35(51)48-16-10-25(11-17-48)49-31-21-43-29-5-3-2-4-26(29)33(31)45-36(49)52/h2-5,18-19,21,23-25,30H,6-17,20,42H2,1H3,(H,44,51)(H,45,52). The number of carbonyl (C=O) groups is 2. The molecule has 3 aliphatic rings. The van der Waals surface area contributed by atoms with E-state index in [0.717, 1.165) is 61.3 Å². The molecule has 3 aliphatic heterocycles. The molecule has 0 spiro atoms. The van der Waals surface area contributed by atoms with Crippen LogP contribution in [0.5, 0.6) is 0 Å². The van der Waals surface area contributed by atoms with E-state index in [1.54, 1.807) is 20.6 Å². The second-order valence-electron chi connectivity index (χ2n) is 14.6. The van der Waals surface area contributed by atoms with E-state index < -0.39 is 29.5 Å². The van der Waals surface area contributed by atoms with Gasteiger partial charge in [0.05, 0.1) is 34.0 Å². The number of hydrogen-bond donors (Lipinski definition) is 3. The number of H-pyrrole nitrogens is 1. The lowest BCUT2D eigenvalue weighted by molar-refractivity contribution is -0.137. The molecule has 0 radical (unpaired) electrons. The number of pyridine rings is 1. The van der Waals surface area contributed by atoms with Crippen LogP contribution in [0.25, 0.3) is 21.9 Å². The lowest BCUT2D eigenvalue weighted by Crippen LogP contribution is -2.55. The van der Waals surface area contributed by atoms with Gasteiger partial charge in [-0.05, 0) is 110 Å². The fraction of sp³-hybridized carbons (Fsp3) is 0.514. The first kappa shape index (κ1) is 36.3. The number of amides is 3. The Bertz CT molecular complexity index is 2010. The number of hydrogen-bond acceptors (Lipinski definition) is 6. The van der Waals surface area contributed by atoms with Gasteiger partial charge in [-0.1, -0.05) is 18.2 Å². The van der Waals surface area contributed by atoms with Gasteiger partial charge in [-0.3, -0.25) is 14.3 Å². The number of urea groups is 1. The first-order chi connectivity index (χ1) is 24.9. The molecular formula is C37H44BrF3N8O3. The van der Waals surface area contributed by atoms with Crippen molar-refractivity contribution in [1.29, 1.82) is 0 Å². The Morgan fingerprint density at radius 3 is 2.29 bits per heavy atom. The van der Waals surface area contributed by atoms with Gasteiger partial charge in [0.15, 0.2) is 0 Å². The Hall–Kier alpha value is -4.11. The SMILES string of the molecule is CN1CCC(C2CCN(C(=O)C(Cc3cc(Br)c(N)c(C(F)(F)F)c3)NC(=O)N3CCC(n4c(=O)[nH]c5c6ccccc6ncc54)CC3)CC2)CC1. The third-order valence-electron chi connectivity index (χ3n) is 11.4. The quantitative estimate of drug-likeness (QED) is 0.213. The van der Waals surface area contributed by atoms with Crippen LogP contribution in [0, 0.1) is 11.8 Å². The number of likely N-dealkylation sites (tertiary alicyclic amines) is 3. The number of benzene rings is 2. The molecule has 3 saturated heterocycles. The molecule has 7 rings (SSSR count). The second kappa shape index (κ2) is 14.7. The van der Waals surface area contributed by atoms with Crippen molar-refractivity contribution < 1.29 is 22.8 Å². The van der Waals surface area contributed by atoms with Crippen LogP contribution in [-0.2, 0) is 17.4 Å². The van der Waals surface area contributed by atoms with Crippen molar-refractivity contribution in [2.45, 2.75) is 63.2 Å². The first-order valence-corrected chi connectivity index (χ1v) is 18.8. The van der Waals surface area contributed by atoms with Crippen LogP contribution in [0.4, 0.5) is 23.7 Å². The Labute approximate surface area is 307 Å². The molecule has 0 aliphatic carbocycles. The van der Waals surface area contributed by atoms with E-state index >= 15 is 0 Å². The number of para-hydroxylation sites is 1. The van der Waals surface area contributed by atoms with Crippen LogP contribution in [0.1, 0.15) is 55.7 Å². The zero-order valence-corrected chi connectivity index (χ0v) is 30.7. The lowest BCUT2D eigenvalue weighted by atomic mass is 9.79. The van der Waals surface area contributed by atoms with E-state index in [2.05, 4.69) is 43.2 Å². The number of nitrogens with two attached hydrogens (primary N) is 1. The van der Waals surface area contributed by atoms with Crippen molar-refractivity contribution >= 4 is 55.5 Å². The average Bonchev–Trinajstić information content (AvgIpc) is 3.48. The lowest BCUT2D eigenvalue weighted by Gasteiger charge is -2.40. The van der Waals surface area contributed by atoms with Crippen molar-refractivity contribution in [2.24, 2.45) is 11.8 Å². The molecule has 52 heavy (non-hydrogen) atoms. The highest BCUT2D eigenvalue weighted by molar-refractivity contribution is 9.10. The summed E-state index contributed by atoms with van der Waals surface area (Å²) in [5.74, 6) is 0.834. The highest BCUT2D eigenvalue weighted by Crippen LogP contribution is 2.38. The molecule has 11 nitrogen and oxygen atoms in total. The van der Waals surface area contributed by atoms with Gasteiger partial charge < -0.3 is 30.7 Å². The van der Waals surface area contributed by atoms with E-state index in [-0.39, 0.29) is 34.1 Å². The third kappa shape index (κ3) is 7.39. The number of fused-ring (bicyclic) bond motifs is 3. The van der Waals surface area contributed by atoms with Gasteiger partial charge in [0, 0.05) is 48.5 Å². The topological polar surface area (TPSA) is 133 Å². The number of nitrogens with zero attached hydrogens (tertiary/aromatic N) is 5. The number of imidazole rings is 1. The van der Waals surface area contributed by atoms with Gasteiger partial charge in [0.25, 0.3) is 0 Å². The maximum Gasteiger partial charge on any atom is 0.418 e. The van der Waals surface area contributed by atoms with Crippen molar-refractivity contribution in [2.75, 3.05) is 52.0 Å². The van der Waals surface area contributed by atoms with Crippen molar-refractivity contribution in [1.82, 2.24) is 34.6 Å². The first-order valence-electron chi connectivity index (χ1n) is 18.0. The number of aromatic amines is 1. The van der Waals surface area contributed by atoms with Crippen LogP contribution in [0.2, 0.25) is 0 Å². The summed E-state index contributed by atoms with van der Waals surface area (Å²) >= 11 is 3.16. The molecule has 5 heterocycles. The fourth-order valence-corrected chi connectivity index (χ4v) is 8.93. The molecule has 4 N–H and O–H groups in total. The van der Waals surface area contributed by atoms with Crippen LogP contribution in [-0.4, -0.2) is 93.5 Å². The number of piperidine rings is 3. The molecule has 15 heteroatoms. The Kier molecular flexibility index (Phi) is 10.3. The highest BCUT2D eigenvalue weighted by Gasteiger charge is 2.37. The number of nitrogens with one attached hydrogen (secondary N) is 2. The molecule has 0 saturated carbocycles. The normalized spacial score (nSPS) is 19.4. The van der Waals surface area contributed by atoms with E-state index in [1.807, 2.05) is 24.3 Å². The average molecular weight is 786 g/mol. The smallest absolute Gasteiger partial charge is 0.397 e. The number of halogens is 4. The van der Waals surface area contributed by atoms with Gasteiger partial charge in [0.1, 0.15) is 6.04 Å². The number of rotatable bonds is 6. The second-order valence-corrected chi connectivity index (χ2v) is 15.5. The number of nitrogen functional groups attached to an aromatic ring is 1. The van der Waals surface area contributed by atoms with Crippen LogP contribution >= 0.6 is 15.9 Å². The summed E-state index contributed by atoms with van der Waals surface area (Å²) in [6.07, 6.45) is 1.86. The minimum absolute atomic E-state index is 0.0755. The molecule has 2 aromatic carbocycles. The molecule has 3 amide bonds. The Morgan fingerprint density at radius 2 is 1.62 bits per heavy atom.